The second-order valence-corrected chi connectivity index (χ2v) is 3.30. The summed E-state index contributed by atoms with van der Waals surface area (Å²) in [6, 6.07) is 9.84. The van der Waals surface area contributed by atoms with Gasteiger partial charge in [0.15, 0.2) is 0 Å². The fraction of sp³-hybridized carbons (Fsp3) is 0.364. The standard InChI is InChI=1S/C11H15NO2/c12-8-10(11(13)14)7-6-9-4-2-1-3-5-9/h1-5,10H,6-8,12H2,(H,13,14). The van der Waals surface area contributed by atoms with Crippen molar-refractivity contribution in [2.24, 2.45) is 11.7 Å². The van der Waals surface area contributed by atoms with Crippen LogP contribution in [-0.2, 0) is 11.2 Å². The predicted octanol–water partition coefficient (Wildman–Crippen LogP) is 1.28. The number of carboxylic acid groups (broad SMARTS) is 1. The van der Waals surface area contributed by atoms with Crippen LogP contribution in [0.4, 0.5) is 0 Å². The molecule has 76 valence electrons. The molecule has 1 unspecified atom stereocenters. The molecule has 3 heteroatoms. The first-order valence-electron chi connectivity index (χ1n) is 4.71. The number of hydrogen-bond acceptors (Lipinski definition) is 2. The van der Waals surface area contributed by atoms with E-state index in [-0.39, 0.29) is 6.54 Å². The van der Waals surface area contributed by atoms with Crippen LogP contribution in [0.15, 0.2) is 30.3 Å². The summed E-state index contributed by atoms with van der Waals surface area (Å²) in [5, 5.41) is 8.77. The van der Waals surface area contributed by atoms with E-state index in [0.29, 0.717) is 6.42 Å². The Morgan fingerprint density at radius 1 is 1.36 bits per heavy atom. The van der Waals surface area contributed by atoms with Gasteiger partial charge in [-0.15, -0.1) is 0 Å². The Hall–Kier alpha value is -1.35. The molecule has 0 fully saturated rings. The summed E-state index contributed by atoms with van der Waals surface area (Å²) in [5.74, 6) is -1.22. The van der Waals surface area contributed by atoms with Crippen molar-refractivity contribution in [3.8, 4) is 0 Å². The Morgan fingerprint density at radius 3 is 2.50 bits per heavy atom. The molecule has 0 aliphatic rings. The van der Waals surface area contributed by atoms with Crippen molar-refractivity contribution in [2.75, 3.05) is 6.54 Å². The predicted molar refractivity (Wildman–Crippen MR) is 54.9 cm³/mol. The Morgan fingerprint density at radius 2 is 2.00 bits per heavy atom. The maximum absolute atomic E-state index is 10.7. The lowest BCUT2D eigenvalue weighted by Gasteiger charge is -2.08. The minimum atomic E-state index is -0.802. The lowest BCUT2D eigenvalue weighted by atomic mass is 10.00. The van der Waals surface area contributed by atoms with E-state index in [1.807, 2.05) is 30.3 Å². The number of hydrogen-bond donors (Lipinski definition) is 2. The zero-order valence-electron chi connectivity index (χ0n) is 8.02. The second-order valence-electron chi connectivity index (χ2n) is 3.30. The van der Waals surface area contributed by atoms with Crippen LogP contribution in [0.5, 0.6) is 0 Å². The molecule has 1 rings (SSSR count). The summed E-state index contributed by atoms with van der Waals surface area (Å²) >= 11 is 0. The topological polar surface area (TPSA) is 63.3 Å². The van der Waals surface area contributed by atoms with Crippen LogP contribution in [0, 0.1) is 5.92 Å². The van der Waals surface area contributed by atoms with Gasteiger partial charge in [-0.2, -0.15) is 0 Å². The van der Waals surface area contributed by atoms with Gasteiger partial charge >= 0.3 is 5.97 Å². The average molecular weight is 193 g/mol. The molecule has 1 aromatic rings. The third kappa shape index (κ3) is 3.18. The first-order chi connectivity index (χ1) is 6.74. The molecule has 0 saturated carbocycles. The van der Waals surface area contributed by atoms with Crippen LogP contribution >= 0.6 is 0 Å². The van der Waals surface area contributed by atoms with Gasteiger partial charge < -0.3 is 10.8 Å². The van der Waals surface area contributed by atoms with E-state index in [9.17, 15) is 4.79 Å². The highest BCUT2D eigenvalue weighted by Crippen LogP contribution is 2.08. The molecule has 3 nitrogen and oxygen atoms in total. The summed E-state index contributed by atoms with van der Waals surface area (Å²) in [5.41, 5.74) is 6.52. The Kier molecular flexibility index (Phi) is 4.13. The number of carbonyl (C=O) groups is 1. The van der Waals surface area contributed by atoms with E-state index < -0.39 is 11.9 Å². The highest BCUT2D eigenvalue weighted by Gasteiger charge is 2.14. The summed E-state index contributed by atoms with van der Waals surface area (Å²) in [6.45, 7) is 0.210. The van der Waals surface area contributed by atoms with E-state index in [0.717, 1.165) is 12.0 Å². The van der Waals surface area contributed by atoms with Gasteiger partial charge in [0.1, 0.15) is 0 Å². The van der Waals surface area contributed by atoms with Crippen LogP contribution in [0.3, 0.4) is 0 Å². The maximum atomic E-state index is 10.7. The molecule has 0 aliphatic heterocycles. The van der Waals surface area contributed by atoms with Gasteiger partial charge in [0.05, 0.1) is 5.92 Å². The van der Waals surface area contributed by atoms with Gasteiger partial charge in [0, 0.05) is 6.54 Å². The summed E-state index contributed by atoms with van der Waals surface area (Å²) in [7, 11) is 0. The first-order valence-corrected chi connectivity index (χ1v) is 4.71. The monoisotopic (exact) mass is 193 g/mol. The number of carboxylic acids is 1. The van der Waals surface area contributed by atoms with Crippen molar-refractivity contribution in [1.82, 2.24) is 0 Å². The van der Waals surface area contributed by atoms with Crippen LogP contribution < -0.4 is 5.73 Å². The van der Waals surface area contributed by atoms with Crippen molar-refractivity contribution >= 4 is 5.97 Å². The lowest BCUT2D eigenvalue weighted by molar-refractivity contribution is -0.141. The fourth-order valence-corrected chi connectivity index (χ4v) is 1.33. The molecular formula is C11H15NO2. The zero-order valence-corrected chi connectivity index (χ0v) is 8.02. The molecule has 0 spiro atoms. The second kappa shape index (κ2) is 5.40. The van der Waals surface area contributed by atoms with E-state index in [4.69, 9.17) is 10.8 Å². The number of benzene rings is 1. The van der Waals surface area contributed by atoms with E-state index >= 15 is 0 Å². The maximum Gasteiger partial charge on any atom is 0.307 e. The van der Waals surface area contributed by atoms with E-state index in [2.05, 4.69) is 0 Å². The van der Waals surface area contributed by atoms with Crippen molar-refractivity contribution < 1.29 is 9.90 Å². The molecule has 0 saturated heterocycles. The molecule has 0 aliphatic carbocycles. The van der Waals surface area contributed by atoms with Gasteiger partial charge in [-0.25, -0.2) is 0 Å². The number of aliphatic carboxylic acids is 1. The number of rotatable bonds is 5. The molecule has 0 aromatic heterocycles. The van der Waals surface area contributed by atoms with Crippen LogP contribution in [0.25, 0.3) is 0 Å². The van der Waals surface area contributed by atoms with Crippen LogP contribution in [0.1, 0.15) is 12.0 Å². The van der Waals surface area contributed by atoms with Gasteiger partial charge in [-0.1, -0.05) is 30.3 Å². The van der Waals surface area contributed by atoms with Crippen LogP contribution in [-0.4, -0.2) is 17.6 Å². The normalized spacial score (nSPS) is 12.4. The summed E-state index contributed by atoms with van der Waals surface area (Å²) < 4.78 is 0. The Labute approximate surface area is 83.6 Å². The third-order valence-electron chi connectivity index (χ3n) is 2.26. The lowest BCUT2D eigenvalue weighted by Crippen LogP contribution is -2.23. The molecule has 0 heterocycles. The van der Waals surface area contributed by atoms with Gasteiger partial charge in [-0.3, -0.25) is 4.79 Å². The van der Waals surface area contributed by atoms with E-state index in [1.165, 1.54) is 0 Å². The highest BCUT2D eigenvalue weighted by atomic mass is 16.4. The Bertz CT molecular complexity index is 285. The van der Waals surface area contributed by atoms with Crippen molar-refractivity contribution in [3.63, 3.8) is 0 Å². The largest absolute Gasteiger partial charge is 0.481 e. The van der Waals surface area contributed by atoms with Crippen LogP contribution in [0.2, 0.25) is 0 Å². The SMILES string of the molecule is NCC(CCc1ccccc1)C(=O)O. The fourth-order valence-electron chi connectivity index (χ4n) is 1.33. The first kappa shape index (κ1) is 10.7. The number of nitrogens with two attached hydrogens (primary N) is 1. The van der Waals surface area contributed by atoms with Gasteiger partial charge in [0.25, 0.3) is 0 Å². The molecule has 1 aromatic carbocycles. The van der Waals surface area contributed by atoms with Gasteiger partial charge in [-0.05, 0) is 18.4 Å². The highest BCUT2D eigenvalue weighted by molar-refractivity contribution is 5.70. The molecule has 0 bridgehead atoms. The Balaban J connectivity index is 2.44. The molecule has 14 heavy (non-hydrogen) atoms. The average Bonchev–Trinajstić information content (AvgIpc) is 2.20. The quantitative estimate of drug-likeness (QED) is 0.740. The minimum absolute atomic E-state index is 0.210. The molecule has 1 atom stereocenters. The van der Waals surface area contributed by atoms with Crippen molar-refractivity contribution in [2.45, 2.75) is 12.8 Å². The zero-order chi connectivity index (χ0) is 10.4. The van der Waals surface area contributed by atoms with E-state index in [1.54, 1.807) is 0 Å². The molecular weight excluding hydrogens is 178 g/mol. The summed E-state index contributed by atoms with van der Waals surface area (Å²) in [4.78, 5) is 10.7. The number of aryl methyl sites for hydroxylation is 1. The third-order valence-corrected chi connectivity index (χ3v) is 2.26. The van der Waals surface area contributed by atoms with Gasteiger partial charge in [0.2, 0.25) is 0 Å². The van der Waals surface area contributed by atoms with Crippen molar-refractivity contribution in [1.29, 1.82) is 0 Å². The minimum Gasteiger partial charge on any atom is -0.481 e. The molecule has 0 radical (unpaired) electrons. The smallest absolute Gasteiger partial charge is 0.307 e. The molecule has 3 N–H and O–H groups in total. The summed E-state index contributed by atoms with van der Waals surface area (Å²) in [6.07, 6.45) is 1.38. The van der Waals surface area contributed by atoms with Crippen molar-refractivity contribution in [3.05, 3.63) is 35.9 Å². The molecule has 0 amide bonds.